The van der Waals surface area contributed by atoms with E-state index in [9.17, 15) is 0 Å². The van der Waals surface area contributed by atoms with E-state index in [4.69, 9.17) is 21.7 Å². The lowest BCUT2D eigenvalue weighted by Gasteiger charge is -2.45. The number of rotatable bonds is 4. The van der Waals surface area contributed by atoms with Crippen LogP contribution in [-0.4, -0.2) is 40.3 Å². The molecule has 1 fully saturated rings. The van der Waals surface area contributed by atoms with E-state index in [0.717, 1.165) is 35.2 Å². The molecule has 1 N–H and O–H groups in total. The van der Waals surface area contributed by atoms with Gasteiger partial charge < -0.3 is 9.64 Å². The summed E-state index contributed by atoms with van der Waals surface area (Å²) in [6.45, 7) is 5.44. The lowest BCUT2D eigenvalue weighted by atomic mass is 9.95. The lowest BCUT2D eigenvalue weighted by molar-refractivity contribution is 0.249. The summed E-state index contributed by atoms with van der Waals surface area (Å²) in [5.41, 5.74) is 1.37. The molecule has 1 saturated heterocycles. The monoisotopic (exact) mass is 370 g/mol. The zero-order chi connectivity index (χ0) is 17.0. The van der Waals surface area contributed by atoms with Crippen LogP contribution in [0.25, 0.3) is 0 Å². The minimum atomic E-state index is -0.398. The molecule has 3 nitrogen and oxygen atoms in total. The summed E-state index contributed by atoms with van der Waals surface area (Å²) >= 11 is 7.19. The summed E-state index contributed by atoms with van der Waals surface area (Å²) in [6, 6.07) is 8.16. The molecular weight excluding hydrogens is 344 g/mol. The van der Waals surface area contributed by atoms with Gasteiger partial charge in [-0.3, -0.25) is 4.78 Å². The van der Waals surface area contributed by atoms with Gasteiger partial charge in [0.2, 0.25) is 0 Å². The molecule has 2 rings (SSSR count). The van der Waals surface area contributed by atoms with E-state index in [1.54, 1.807) is 18.9 Å². The van der Waals surface area contributed by atoms with E-state index in [0.29, 0.717) is 0 Å². The maximum atomic E-state index is 8.63. The number of nitrogens with zero attached hydrogens (tertiary/aromatic N) is 1. The number of ether oxygens (including phenoxy) is 1. The van der Waals surface area contributed by atoms with Gasteiger partial charge in [0.1, 0.15) is 10.1 Å². The second-order valence-corrected chi connectivity index (χ2v) is 9.77. The summed E-state index contributed by atoms with van der Waals surface area (Å²) in [4.78, 5) is 2.30. The SMILES string of the molecule is COc1ccccc1CCC1N(C(=S)SC)CC(C)(C)CS1=N. The molecule has 128 valence electrons. The van der Waals surface area contributed by atoms with Gasteiger partial charge in [-0.1, -0.05) is 55.0 Å². The van der Waals surface area contributed by atoms with Crippen LogP contribution in [0.4, 0.5) is 0 Å². The van der Waals surface area contributed by atoms with E-state index in [1.807, 2.05) is 24.5 Å². The van der Waals surface area contributed by atoms with Gasteiger partial charge in [0.25, 0.3) is 0 Å². The Morgan fingerprint density at radius 3 is 2.83 bits per heavy atom. The molecule has 2 atom stereocenters. The summed E-state index contributed by atoms with van der Waals surface area (Å²) in [5.74, 6) is 1.89. The molecule has 1 aromatic carbocycles. The van der Waals surface area contributed by atoms with Crippen LogP contribution in [0.15, 0.2) is 24.3 Å². The van der Waals surface area contributed by atoms with E-state index in [2.05, 4.69) is 24.8 Å². The van der Waals surface area contributed by atoms with Crippen molar-refractivity contribution < 1.29 is 4.74 Å². The van der Waals surface area contributed by atoms with Gasteiger partial charge >= 0.3 is 0 Å². The Labute approximate surface area is 152 Å². The zero-order valence-electron chi connectivity index (χ0n) is 14.3. The quantitative estimate of drug-likeness (QED) is 0.801. The lowest BCUT2D eigenvalue weighted by Crippen LogP contribution is -2.53. The standard InChI is InChI=1S/C17H26N2OS3/c1-17(2)11-19(16(21)22-4)15(23(18)12-17)10-9-13-7-5-6-8-14(13)20-3/h5-8,15,18H,9-12H2,1-4H3. The molecule has 6 heteroatoms. The number of para-hydroxylation sites is 1. The molecule has 0 spiro atoms. The van der Waals surface area contributed by atoms with Crippen LogP contribution in [0.2, 0.25) is 0 Å². The minimum absolute atomic E-state index is 0.158. The Morgan fingerprint density at radius 2 is 2.17 bits per heavy atom. The number of aryl methyl sites for hydroxylation is 1. The van der Waals surface area contributed by atoms with Gasteiger partial charge in [-0.25, -0.2) is 0 Å². The molecule has 2 unspecified atom stereocenters. The fourth-order valence-corrected chi connectivity index (χ4v) is 5.83. The van der Waals surface area contributed by atoms with Gasteiger partial charge in [0.15, 0.2) is 0 Å². The van der Waals surface area contributed by atoms with Gasteiger partial charge in [-0.15, -0.1) is 11.8 Å². The van der Waals surface area contributed by atoms with E-state index in [1.165, 1.54) is 5.56 Å². The molecule has 1 aliphatic rings. The van der Waals surface area contributed by atoms with Crippen molar-refractivity contribution in [1.29, 1.82) is 4.78 Å². The van der Waals surface area contributed by atoms with E-state index in [-0.39, 0.29) is 10.8 Å². The maximum Gasteiger partial charge on any atom is 0.137 e. The molecule has 0 amide bonds. The first-order valence-corrected chi connectivity index (χ1v) is 10.8. The highest BCUT2D eigenvalue weighted by atomic mass is 32.2. The number of hydrogen-bond acceptors (Lipinski definition) is 4. The third-order valence-corrected chi connectivity index (χ3v) is 7.64. The Kier molecular flexibility index (Phi) is 6.51. The zero-order valence-corrected chi connectivity index (χ0v) is 16.7. The summed E-state index contributed by atoms with van der Waals surface area (Å²) in [6.07, 6.45) is 3.90. The highest BCUT2D eigenvalue weighted by molar-refractivity contribution is 8.22. The number of thioether (sulfide) groups is 1. The number of thiocarbonyl (C=S) groups is 1. The number of benzene rings is 1. The van der Waals surface area contributed by atoms with Crippen LogP contribution in [0.3, 0.4) is 0 Å². The van der Waals surface area contributed by atoms with Crippen LogP contribution in [0, 0.1) is 10.2 Å². The summed E-state index contributed by atoms with van der Waals surface area (Å²) < 4.78 is 15.0. The predicted molar refractivity (Wildman–Crippen MR) is 107 cm³/mol. The summed E-state index contributed by atoms with van der Waals surface area (Å²) in [7, 11) is 1.32. The Hall–Kier alpha value is -0.590. The van der Waals surface area contributed by atoms with Gasteiger partial charge in [0.05, 0.1) is 12.5 Å². The van der Waals surface area contributed by atoms with Crippen molar-refractivity contribution in [3.05, 3.63) is 29.8 Å². The molecule has 23 heavy (non-hydrogen) atoms. The van der Waals surface area contributed by atoms with Crippen molar-refractivity contribution in [2.45, 2.75) is 32.1 Å². The molecule has 0 radical (unpaired) electrons. The van der Waals surface area contributed by atoms with Crippen molar-refractivity contribution in [2.24, 2.45) is 5.41 Å². The second kappa shape index (κ2) is 7.99. The van der Waals surface area contributed by atoms with Crippen molar-refractivity contribution in [2.75, 3.05) is 25.7 Å². The van der Waals surface area contributed by atoms with Crippen molar-refractivity contribution in [3.63, 3.8) is 0 Å². The van der Waals surface area contributed by atoms with Crippen LogP contribution < -0.4 is 4.74 Å². The maximum absolute atomic E-state index is 8.63. The largest absolute Gasteiger partial charge is 0.496 e. The smallest absolute Gasteiger partial charge is 0.137 e. The fraction of sp³-hybridized carbons (Fsp3) is 0.588. The Balaban J connectivity index is 2.15. The first-order valence-electron chi connectivity index (χ1n) is 7.75. The van der Waals surface area contributed by atoms with Crippen LogP contribution in [0.5, 0.6) is 5.75 Å². The topological polar surface area (TPSA) is 36.3 Å². The average Bonchev–Trinajstić information content (AvgIpc) is 2.52. The normalized spacial score (nSPS) is 23.6. The Bertz CT molecular complexity index is 589. The number of hydrogen-bond donors (Lipinski definition) is 1. The number of nitrogens with one attached hydrogen (secondary N) is 1. The first-order chi connectivity index (χ1) is 10.9. The summed E-state index contributed by atoms with van der Waals surface area (Å²) in [5, 5.41) is 0.216. The van der Waals surface area contributed by atoms with Crippen molar-refractivity contribution >= 4 is 39.0 Å². The molecule has 0 bridgehead atoms. The van der Waals surface area contributed by atoms with E-state index < -0.39 is 10.7 Å². The molecule has 0 saturated carbocycles. The Morgan fingerprint density at radius 1 is 1.48 bits per heavy atom. The third kappa shape index (κ3) is 4.70. The second-order valence-electron chi connectivity index (χ2n) is 6.64. The molecule has 1 aliphatic heterocycles. The fourth-order valence-electron chi connectivity index (χ4n) is 3.07. The van der Waals surface area contributed by atoms with E-state index >= 15 is 0 Å². The van der Waals surface area contributed by atoms with Crippen LogP contribution >= 0.6 is 24.0 Å². The van der Waals surface area contributed by atoms with Crippen molar-refractivity contribution in [3.8, 4) is 5.75 Å². The molecule has 0 aliphatic carbocycles. The van der Waals surface area contributed by atoms with Gasteiger partial charge in [-0.05, 0) is 36.1 Å². The molecular formula is C17H26N2OS3. The van der Waals surface area contributed by atoms with Gasteiger partial charge in [-0.2, -0.15) is 0 Å². The highest BCUT2D eigenvalue weighted by Gasteiger charge is 2.37. The van der Waals surface area contributed by atoms with Crippen molar-refractivity contribution in [1.82, 2.24) is 4.90 Å². The molecule has 1 aromatic rings. The minimum Gasteiger partial charge on any atom is -0.496 e. The molecule has 1 heterocycles. The average molecular weight is 371 g/mol. The number of methoxy groups -OCH3 is 1. The molecule has 0 aromatic heterocycles. The predicted octanol–water partition coefficient (Wildman–Crippen LogP) is 4.32. The van der Waals surface area contributed by atoms with Gasteiger partial charge in [0, 0.05) is 12.3 Å². The first kappa shape index (κ1) is 18.7. The highest BCUT2D eigenvalue weighted by Crippen LogP contribution is 2.32. The third-order valence-electron chi connectivity index (χ3n) is 4.08. The van der Waals surface area contributed by atoms with Crippen LogP contribution in [-0.2, 0) is 17.1 Å². The van der Waals surface area contributed by atoms with Crippen LogP contribution in [0.1, 0.15) is 25.8 Å².